The Morgan fingerprint density at radius 3 is 3.17 bits per heavy atom. The van der Waals surface area contributed by atoms with E-state index in [0.29, 0.717) is 0 Å². The van der Waals surface area contributed by atoms with Gasteiger partial charge in [-0.3, -0.25) is 4.68 Å². The highest BCUT2D eigenvalue weighted by Crippen LogP contribution is 2.25. The average molecular weight is 269 g/mol. The lowest BCUT2D eigenvalue weighted by molar-refractivity contribution is 0.0445. The number of aryl methyl sites for hydroxylation is 1. The molecule has 18 heavy (non-hydrogen) atoms. The van der Waals surface area contributed by atoms with Gasteiger partial charge in [0.15, 0.2) is 0 Å². The van der Waals surface area contributed by atoms with E-state index in [1.54, 1.807) is 0 Å². The van der Waals surface area contributed by atoms with Crippen molar-refractivity contribution < 1.29 is 4.74 Å². The van der Waals surface area contributed by atoms with Gasteiger partial charge in [0.05, 0.1) is 24.4 Å². The van der Waals surface area contributed by atoms with Gasteiger partial charge in [-0.25, -0.2) is 0 Å². The minimum atomic E-state index is 0.261. The number of nitrogens with one attached hydrogen (secondary N) is 1. The summed E-state index contributed by atoms with van der Waals surface area (Å²) in [5, 5.41) is 7.99. The Hall–Kier alpha value is -0.520. The molecule has 102 valence electrons. The van der Waals surface area contributed by atoms with E-state index < -0.39 is 0 Å². The average Bonchev–Trinajstić information content (AvgIpc) is 2.89. The van der Waals surface area contributed by atoms with Crippen molar-refractivity contribution in [1.82, 2.24) is 15.1 Å². The van der Waals surface area contributed by atoms with E-state index in [9.17, 15) is 0 Å². The Kier molecular flexibility index (Phi) is 5.53. The van der Waals surface area contributed by atoms with E-state index in [4.69, 9.17) is 4.74 Å². The first kappa shape index (κ1) is 13.9. The van der Waals surface area contributed by atoms with Crippen LogP contribution in [0.5, 0.6) is 0 Å². The second-order valence-electron chi connectivity index (χ2n) is 4.49. The molecule has 2 rings (SSSR count). The van der Waals surface area contributed by atoms with Crippen molar-refractivity contribution in [1.29, 1.82) is 0 Å². The summed E-state index contributed by atoms with van der Waals surface area (Å²) in [5.41, 5.74) is 1.25. The fourth-order valence-electron chi connectivity index (χ4n) is 2.30. The Morgan fingerprint density at radius 2 is 2.50 bits per heavy atom. The minimum absolute atomic E-state index is 0.261. The first-order valence-electron chi connectivity index (χ1n) is 6.81. The van der Waals surface area contributed by atoms with Gasteiger partial charge in [-0.1, -0.05) is 6.92 Å². The highest BCUT2D eigenvalue weighted by molar-refractivity contribution is 7.99. The highest BCUT2D eigenvalue weighted by atomic mass is 32.2. The summed E-state index contributed by atoms with van der Waals surface area (Å²) in [7, 11) is 0. The van der Waals surface area contributed by atoms with Gasteiger partial charge in [0.2, 0.25) is 0 Å². The quantitative estimate of drug-likeness (QED) is 0.858. The second kappa shape index (κ2) is 7.16. The van der Waals surface area contributed by atoms with Crippen molar-refractivity contribution in [2.45, 2.75) is 39.0 Å². The Balaban J connectivity index is 2.12. The molecule has 0 aromatic carbocycles. The van der Waals surface area contributed by atoms with Crippen molar-refractivity contribution >= 4 is 11.8 Å². The first-order chi connectivity index (χ1) is 8.86. The monoisotopic (exact) mass is 269 g/mol. The fraction of sp³-hybridized carbons (Fsp3) is 0.769. The van der Waals surface area contributed by atoms with Gasteiger partial charge >= 0.3 is 0 Å². The molecule has 1 aromatic heterocycles. The van der Waals surface area contributed by atoms with Crippen molar-refractivity contribution in [2.24, 2.45) is 0 Å². The SMILES string of the molecule is CCCNC(c1ccnn1CC)C1CSCCO1. The summed E-state index contributed by atoms with van der Waals surface area (Å²) >= 11 is 1.98. The molecule has 0 bridgehead atoms. The van der Waals surface area contributed by atoms with E-state index in [0.717, 1.165) is 37.6 Å². The van der Waals surface area contributed by atoms with Crippen LogP contribution in [-0.4, -0.2) is 40.5 Å². The molecule has 5 heteroatoms. The molecule has 0 amide bonds. The summed E-state index contributed by atoms with van der Waals surface area (Å²) < 4.78 is 8.00. The largest absolute Gasteiger partial charge is 0.374 e. The molecular weight excluding hydrogens is 246 g/mol. The predicted octanol–water partition coefficient (Wildman–Crippen LogP) is 2.08. The molecule has 0 saturated carbocycles. The number of thioether (sulfide) groups is 1. The predicted molar refractivity (Wildman–Crippen MR) is 76.0 cm³/mol. The Labute approximate surface area is 113 Å². The van der Waals surface area contributed by atoms with Crippen LogP contribution in [0.1, 0.15) is 32.0 Å². The van der Waals surface area contributed by atoms with E-state index >= 15 is 0 Å². The molecule has 1 N–H and O–H groups in total. The van der Waals surface area contributed by atoms with Crippen LogP contribution in [0.2, 0.25) is 0 Å². The number of aromatic nitrogens is 2. The van der Waals surface area contributed by atoms with Gasteiger partial charge in [-0.15, -0.1) is 0 Å². The maximum absolute atomic E-state index is 5.94. The maximum Gasteiger partial charge on any atom is 0.0875 e. The zero-order chi connectivity index (χ0) is 12.8. The molecule has 2 heterocycles. The van der Waals surface area contributed by atoms with Crippen LogP contribution in [0.25, 0.3) is 0 Å². The topological polar surface area (TPSA) is 39.1 Å². The standard InChI is InChI=1S/C13H23N3OS/c1-3-6-14-13(12-10-18-9-8-17-12)11-5-7-15-16(11)4-2/h5,7,12-14H,3-4,6,8-10H2,1-2H3. The molecule has 2 atom stereocenters. The molecule has 1 saturated heterocycles. The summed E-state index contributed by atoms with van der Waals surface area (Å²) in [6, 6.07) is 2.37. The smallest absolute Gasteiger partial charge is 0.0875 e. The van der Waals surface area contributed by atoms with Crippen LogP contribution in [0.3, 0.4) is 0 Å². The minimum Gasteiger partial charge on any atom is -0.374 e. The van der Waals surface area contributed by atoms with Crippen LogP contribution in [0.4, 0.5) is 0 Å². The third-order valence-electron chi connectivity index (χ3n) is 3.20. The number of hydrogen-bond donors (Lipinski definition) is 1. The maximum atomic E-state index is 5.94. The van der Waals surface area contributed by atoms with Gasteiger partial charge in [-0.2, -0.15) is 16.9 Å². The second-order valence-corrected chi connectivity index (χ2v) is 5.64. The van der Waals surface area contributed by atoms with Gasteiger partial charge in [0, 0.05) is 24.2 Å². The summed E-state index contributed by atoms with van der Waals surface area (Å²) in [5.74, 6) is 2.18. The summed E-state index contributed by atoms with van der Waals surface area (Å²) in [4.78, 5) is 0. The van der Waals surface area contributed by atoms with E-state index in [2.05, 4.69) is 35.0 Å². The van der Waals surface area contributed by atoms with Crippen molar-refractivity contribution in [3.63, 3.8) is 0 Å². The molecule has 4 nitrogen and oxygen atoms in total. The van der Waals surface area contributed by atoms with Crippen molar-refractivity contribution in [3.05, 3.63) is 18.0 Å². The lowest BCUT2D eigenvalue weighted by Crippen LogP contribution is -2.39. The summed E-state index contributed by atoms with van der Waals surface area (Å²) in [6.07, 6.45) is 3.28. The number of rotatable bonds is 6. The zero-order valence-corrected chi connectivity index (χ0v) is 12.1. The van der Waals surface area contributed by atoms with Gasteiger partial charge in [0.1, 0.15) is 0 Å². The van der Waals surface area contributed by atoms with Crippen LogP contribution in [0.15, 0.2) is 12.3 Å². The van der Waals surface area contributed by atoms with E-state index in [1.165, 1.54) is 5.69 Å². The third-order valence-corrected chi connectivity index (χ3v) is 4.21. The van der Waals surface area contributed by atoms with Gasteiger partial charge in [0.25, 0.3) is 0 Å². The molecule has 1 aromatic rings. The number of hydrogen-bond acceptors (Lipinski definition) is 4. The van der Waals surface area contributed by atoms with Gasteiger partial charge < -0.3 is 10.1 Å². The Morgan fingerprint density at radius 1 is 1.61 bits per heavy atom. The van der Waals surface area contributed by atoms with Crippen LogP contribution >= 0.6 is 11.8 Å². The van der Waals surface area contributed by atoms with Gasteiger partial charge in [-0.05, 0) is 26.0 Å². The molecule has 1 aliphatic rings. The number of ether oxygens (including phenoxy) is 1. The van der Waals surface area contributed by atoms with Crippen LogP contribution < -0.4 is 5.32 Å². The van der Waals surface area contributed by atoms with Crippen LogP contribution in [0, 0.1) is 0 Å². The third kappa shape index (κ3) is 3.28. The lowest BCUT2D eigenvalue weighted by atomic mass is 10.1. The number of nitrogens with zero attached hydrogens (tertiary/aromatic N) is 2. The molecule has 1 fully saturated rings. The van der Waals surface area contributed by atoms with E-state index in [1.807, 2.05) is 18.0 Å². The van der Waals surface area contributed by atoms with Crippen LogP contribution in [-0.2, 0) is 11.3 Å². The van der Waals surface area contributed by atoms with E-state index in [-0.39, 0.29) is 12.1 Å². The zero-order valence-electron chi connectivity index (χ0n) is 11.3. The summed E-state index contributed by atoms with van der Waals surface area (Å²) in [6.45, 7) is 7.11. The first-order valence-corrected chi connectivity index (χ1v) is 7.96. The Bertz CT molecular complexity index is 350. The fourth-order valence-corrected chi connectivity index (χ4v) is 3.20. The molecule has 2 unspecified atom stereocenters. The van der Waals surface area contributed by atoms with Crippen molar-refractivity contribution in [3.8, 4) is 0 Å². The molecule has 1 aliphatic heterocycles. The lowest BCUT2D eigenvalue weighted by Gasteiger charge is -2.31. The normalized spacial score (nSPS) is 22.0. The molecule has 0 aliphatic carbocycles. The molecule has 0 radical (unpaired) electrons. The van der Waals surface area contributed by atoms with Crippen molar-refractivity contribution in [2.75, 3.05) is 24.7 Å². The highest BCUT2D eigenvalue weighted by Gasteiger charge is 2.28. The molecular formula is C13H23N3OS. The molecule has 0 spiro atoms.